The van der Waals surface area contributed by atoms with E-state index in [1.807, 2.05) is 30.3 Å². The summed E-state index contributed by atoms with van der Waals surface area (Å²) in [6, 6.07) is 21.9. The molecule has 1 N–H and O–H groups in total. The summed E-state index contributed by atoms with van der Waals surface area (Å²) in [7, 11) is 1.71. The van der Waals surface area contributed by atoms with E-state index in [9.17, 15) is 5.11 Å². The van der Waals surface area contributed by atoms with Crippen LogP contribution in [0.4, 0.5) is 0 Å². The Labute approximate surface area is 199 Å². The average Bonchev–Trinajstić information content (AvgIpc) is 3.43. The molecule has 0 radical (unpaired) electrons. The number of fused-ring (bicyclic) bond motifs is 4. The van der Waals surface area contributed by atoms with Crippen molar-refractivity contribution in [1.29, 1.82) is 0 Å². The normalized spacial score (nSPS) is 23.4. The number of hydrogen-bond donors (Lipinski definition) is 1. The summed E-state index contributed by atoms with van der Waals surface area (Å²) < 4.78 is 16.8. The number of methoxy groups -OCH3 is 1. The Morgan fingerprint density at radius 1 is 1.00 bits per heavy atom. The van der Waals surface area contributed by atoms with E-state index in [1.165, 1.54) is 29.2 Å². The largest absolute Gasteiger partial charge is 0.497 e. The quantitative estimate of drug-likeness (QED) is 0.383. The first-order chi connectivity index (χ1) is 16.7. The van der Waals surface area contributed by atoms with E-state index in [0.29, 0.717) is 24.5 Å². The molecule has 2 bridgehead atoms. The Balaban J connectivity index is 1.09. The summed E-state index contributed by atoms with van der Waals surface area (Å²) >= 11 is 0. The molecule has 0 saturated carbocycles. The highest BCUT2D eigenvalue weighted by Gasteiger charge is 2.41. The van der Waals surface area contributed by atoms with E-state index in [2.05, 4.69) is 35.2 Å². The monoisotopic (exact) mass is 457 g/mol. The van der Waals surface area contributed by atoms with E-state index in [4.69, 9.17) is 13.9 Å². The highest BCUT2D eigenvalue weighted by molar-refractivity contribution is 5.85. The van der Waals surface area contributed by atoms with Crippen molar-refractivity contribution in [3.63, 3.8) is 0 Å². The molecule has 2 fully saturated rings. The molecule has 4 aromatic rings. The molecule has 0 spiro atoms. The number of aliphatic hydroxyl groups is 1. The van der Waals surface area contributed by atoms with Crippen LogP contribution in [0.25, 0.3) is 21.7 Å². The van der Waals surface area contributed by atoms with Gasteiger partial charge in [-0.15, -0.1) is 0 Å². The molecule has 1 aromatic heterocycles. The predicted molar refractivity (Wildman–Crippen MR) is 134 cm³/mol. The summed E-state index contributed by atoms with van der Waals surface area (Å²) in [6.45, 7) is 0.957. The smallest absolute Gasteiger partial charge is 0.137 e. The van der Waals surface area contributed by atoms with E-state index >= 15 is 0 Å². The molecule has 5 heteroatoms. The van der Waals surface area contributed by atoms with Crippen LogP contribution in [0.15, 0.2) is 71.3 Å². The summed E-state index contributed by atoms with van der Waals surface area (Å²) in [5.74, 6) is 2.24. The van der Waals surface area contributed by atoms with Gasteiger partial charge in [0.1, 0.15) is 29.8 Å². The zero-order valence-corrected chi connectivity index (χ0v) is 19.5. The van der Waals surface area contributed by atoms with E-state index in [0.717, 1.165) is 35.3 Å². The SMILES string of the molecule is COc1ccc2cc(C3CC4CCC(C3)N4C[C@H](O)COc3cccc4occc34)ccc2c1. The third-order valence-corrected chi connectivity index (χ3v) is 7.74. The molecule has 0 aliphatic carbocycles. The minimum absolute atomic E-state index is 0.289. The summed E-state index contributed by atoms with van der Waals surface area (Å²) in [6.07, 6.45) is 5.89. The molecular weight excluding hydrogens is 426 g/mol. The standard InChI is InChI=1S/C29H31NO4/c1-32-26-10-7-19-13-20(5-6-21(19)16-26)22-14-23-8-9-24(15-22)30(23)17-25(31)18-34-29-4-2-3-28-27(29)11-12-33-28/h2-7,10-13,16,22-25,31H,8-9,14-15,17-18H2,1H3/t22?,23?,24?,25-/m0/s1. The van der Waals surface area contributed by atoms with Crippen molar-refractivity contribution >= 4 is 21.7 Å². The molecule has 176 valence electrons. The Hall–Kier alpha value is -3.02. The lowest BCUT2D eigenvalue weighted by molar-refractivity contribution is 0.0321. The van der Waals surface area contributed by atoms with Gasteiger partial charge in [-0.05, 0) is 78.3 Å². The van der Waals surface area contributed by atoms with Gasteiger partial charge in [-0.3, -0.25) is 4.90 Å². The Kier molecular flexibility index (Phi) is 5.67. The molecule has 2 saturated heterocycles. The van der Waals surface area contributed by atoms with Crippen molar-refractivity contribution in [2.24, 2.45) is 0 Å². The fraction of sp³-hybridized carbons (Fsp3) is 0.379. The van der Waals surface area contributed by atoms with Gasteiger partial charge in [0.2, 0.25) is 0 Å². The molecule has 3 heterocycles. The molecule has 2 aliphatic rings. The van der Waals surface area contributed by atoms with Crippen LogP contribution in [0.1, 0.15) is 37.2 Å². The van der Waals surface area contributed by atoms with Crippen molar-refractivity contribution in [2.45, 2.75) is 49.8 Å². The second-order valence-corrected chi connectivity index (χ2v) is 9.78. The maximum Gasteiger partial charge on any atom is 0.137 e. The lowest BCUT2D eigenvalue weighted by Gasteiger charge is -2.40. The molecule has 34 heavy (non-hydrogen) atoms. The van der Waals surface area contributed by atoms with Crippen LogP contribution in [0, 0.1) is 0 Å². The van der Waals surface area contributed by atoms with Crippen LogP contribution >= 0.6 is 0 Å². The van der Waals surface area contributed by atoms with Crippen LogP contribution in [0.5, 0.6) is 11.5 Å². The first kappa shape index (κ1) is 21.5. The van der Waals surface area contributed by atoms with Gasteiger partial charge in [-0.2, -0.15) is 0 Å². The van der Waals surface area contributed by atoms with Crippen LogP contribution in [-0.4, -0.2) is 48.5 Å². The fourth-order valence-corrected chi connectivity index (χ4v) is 6.04. The van der Waals surface area contributed by atoms with Crippen molar-refractivity contribution in [2.75, 3.05) is 20.3 Å². The van der Waals surface area contributed by atoms with Crippen molar-refractivity contribution in [3.8, 4) is 11.5 Å². The van der Waals surface area contributed by atoms with Crippen LogP contribution in [0.3, 0.4) is 0 Å². The average molecular weight is 458 g/mol. The number of aliphatic hydroxyl groups excluding tert-OH is 1. The van der Waals surface area contributed by atoms with Crippen LogP contribution < -0.4 is 9.47 Å². The summed E-state index contributed by atoms with van der Waals surface area (Å²) in [5.41, 5.74) is 2.24. The molecule has 0 amide bonds. The third-order valence-electron chi connectivity index (χ3n) is 7.74. The maximum absolute atomic E-state index is 10.8. The minimum Gasteiger partial charge on any atom is -0.497 e. The first-order valence-electron chi connectivity index (χ1n) is 12.3. The van der Waals surface area contributed by atoms with Gasteiger partial charge in [0.15, 0.2) is 0 Å². The van der Waals surface area contributed by atoms with E-state index in [1.54, 1.807) is 13.4 Å². The molecule has 3 aromatic carbocycles. The van der Waals surface area contributed by atoms with Crippen LogP contribution in [0.2, 0.25) is 0 Å². The maximum atomic E-state index is 10.8. The van der Waals surface area contributed by atoms with Gasteiger partial charge in [0.05, 0.1) is 18.8 Å². The van der Waals surface area contributed by atoms with Gasteiger partial charge in [0.25, 0.3) is 0 Å². The topological polar surface area (TPSA) is 55.1 Å². The first-order valence-corrected chi connectivity index (χ1v) is 12.3. The highest BCUT2D eigenvalue weighted by atomic mass is 16.5. The molecule has 2 unspecified atom stereocenters. The molecular formula is C29H31NO4. The minimum atomic E-state index is -0.516. The highest BCUT2D eigenvalue weighted by Crippen LogP contribution is 2.43. The Morgan fingerprint density at radius 2 is 1.79 bits per heavy atom. The van der Waals surface area contributed by atoms with E-state index < -0.39 is 6.10 Å². The van der Waals surface area contributed by atoms with E-state index in [-0.39, 0.29) is 6.61 Å². The number of rotatable bonds is 7. The van der Waals surface area contributed by atoms with Gasteiger partial charge in [0, 0.05) is 18.6 Å². The predicted octanol–water partition coefficient (Wildman–Crippen LogP) is 5.74. The second kappa shape index (κ2) is 8.97. The number of hydrogen-bond acceptors (Lipinski definition) is 5. The molecule has 3 atom stereocenters. The number of furan rings is 1. The summed E-state index contributed by atoms with van der Waals surface area (Å²) in [4.78, 5) is 2.54. The third kappa shape index (κ3) is 4.04. The fourth-order valence-electron chi connectivity index (χ4n) is 6.04. The summed E-state index contributed by atoms with van der Waals surface area (Å²) in [5, 5.41) is 14.2. The lowest BCUT2D eigenvalue weighted by Crippen LogP contribution is -2.47. The zero-order valence-electron chi connectivity index (χ0n) is 19.5. The molecule has 5 nitrogen and oxygen atoms in total. The van der Waals surface area contributed by atoms with Gasteiger partial charge >= 0.3 is 0 Å². The number of piperidine rings is 1. The number of ether oxygens (including phenoxy) is 2. The molecule has 2 aliphatic heterocycles. The van der Waals surface area contributed by atoms with Gasteiger partial charge in [-0.1, -0.05) is 30.3 Å². The second-order valence-electron chi connectivity index (χ2n) is 9.78. The molecule has 6 rings (SSSR count). The lowest BCUT2D eigenvalue weighted by atomic mass is 9.84. The number of nitrogens with zero attached hydrogens (tertiary/aromatic N) is 1. The zero-order chi connectivity index (χ0) is 23.1. The number of benzene rings is 3. The van der Waals surface area contributed by atoms with Crippen molar-refractivity contribution in [1.82, 2.24) is 4.90 Å². The Bertz CT molecular complexity index is 1280. The van der Waals surface area contributed by atoms with Gasteiger partial charge < -0.3 is 19.0 Å². The van der Waals surface area contributed by atoms with Gasteiger partial charge in [-0.25, -0.2) is 0 Å². The van der Waals surface area contributed by atoms with Crippen LogP contribution in [-0.2, 0) is 0 Å². The van der Waals surface area contributed by atoms with Crippen molar-refractivity contribution < 1.29 is 19.0 Å². The van der Waals surface area contributed by atoms with Crippen molar-refractivity contribution in [3.05, 3.63) is 72.5 Å². The Morgan fingerprint density at radius 3 is 2.62 bits per heavy atom.